The van der Waals surface area contributed by atoms with Crippen LogP contribution in [0.25, 0.3) is 0 Å². The third kappa shape index (κ3) is 3.47. The molecule has 5 heteroatoms. The first kappa shape index (κ1) is 13.0. The van der Waals surface area contributed by atoms with Gasteiger partial charge in [0.2, 0.25) is 0 Å². The highest BCUT2D eigenvalue weighted by molar-refractivity contribution is 5.44. The van der Waals surface area contributed by atoms with Gasteiger partial charge in [-0.05, 0) is 13.0 Å². The van der Waals surface area contributed by atoms with E-state index in [1.54, 1.807) is 0 Å². The third-order valence-corrected chi connectivity index (χ3v) is 2.16. The lowest BCUT2D eigenvalue weighted by Crippen LogP contribution is -2.02. The van der Waals surface area contributed by atoms with E-state index in [0.717, 1.165) is 0 Å². The van der Waals surface area contributed by atoms with Crippen molar-refractivity contribution in [3.8, 4) is 18.1 Å². The number of nitro benzene ring substituents is 1. The van der Waals surface area contributed by atoms with Gasteiger partial charge in [-0.25, -0.2) is 0 Å². The number of ether oxygens (including phenoxy) is 1. The Morgan fingerprint density at radius 3 is 2.88 bits per heavy atom. The first-order chi connectivity index (χ1) is 8.06. The van der Waals surface area contributed by atoms with E-state index < -0.39 is 11.0 Å². The van der Waals surface area contributed by atoms with Crippen LogP contribution in [0.5, 0.6) is 5.75 Å². The molecule has 1 rings (SSSR count). The van der Waals surface area contributed by atoms with E-state index in [1.807, 2.05) is 0 Å². The van der Waals surface area contributed by atoms with Crippen LogP contribution in [0.3, 0.4) is 0 Å². The van der Waals surface area contributed by atoms with Gasteiger partial charge in [-0.15, -0.1) is 12.3 Å². The number of non-ortho nitro benzene ring substituents is 1. The van der Waals surface area contributed by atoms with Crippen LogP contribution in [-0.4, -0.2) is 16.6 Å². The summed E-state index contributed by atoms with van der Waals surface area (Å²) < 4.78 is 5.35. The first-order valence-corrected chi connectivity index (χ1v) is 5.09. The highest BCUT2D eigenvalue weighted by Crippen LogP contribution is 2.29. The van der Waals surface area contributed by atoms with E-state index in [4.69, 9.17) is 11.2 Å². The Hall–Kier alpha value is -2.06. The number of hydrogen-bond acceptors (Lipinski definition) is 4. The number of aliphatic hydroxyl groups is 1. The fraction of sp³-hybridized carbons (Fsp3) is 0.333. The maximum absolute atomic E-state index is 10.6. The summed E-state index contributed by atoms with van der Waals surface area (Å²) in [6, 6.07) is 4.10. The molecule has 1 atom stereocenters. The van der Waals surface area contributed by atoms with Gasteiger partial charge in [0.1, 0.15) is 5.75 Å². The number of aliphatic hydroxyl groups excluding tert-OH is 1. The largest absolute Gasteiger partial charge is 0.492 e. The number of hydrogen-bond donors (Lipinski definition) is 1. The molecule has 17 heavy (non-hydrogen) atoms. The Morgan fingerprint density at radius 2 is 2.35 bits per heavy atom. The molecule has 1 aromatic carbocycles. The number of benzene rings is 1. The van der Waals surface area contributed by atoms with E-state index >= 15 is 0 Å². The molecule has 0 unspecified atom stereocenters. The van der Waals surface area contributed by atoms with E-state index in [9.17, 15) is 15.2 Å². The second-order valence-corrected chi connectivity index (χ2v) is 3.46. The summed E-state index contributed by atoms with van der Waals surface area (Å²) in [6.07, 6.45) is 4.69. The van der Waals surface area contributed by atoms with Crippen LogP contribution in [0, 0.1) is 22.5 Å². The SMILES string of the molecule is C#CCCOc1ccc([N+](=O)[O-])cc1[C@@H](C)O. The van der Waals surface area contributed by atoms with Crippen LogP contribution >= 0.6 is 0 Å². The molecule has 0 fully saturated rings. The van der Waals surface area contributed by atoms with Crippen LogP contribution < -0.4 is 4.74 Å². The molecule has 0 aliphatic heterocycles. The molecule has 90 valence electrons. The third-order valence-electron chi connectivity index (χ3n) is 2.16. The van der Waals surface area contributed by atoms with Crippen molar-refractivity contribution in [3.05, 3.63) is 33.9 Å². The Balaban J connectivity index is 2.97. The first-order valence-electron chi connectivity index (χ1n) is 5.09. The van der Waals surface area contributed by atoms with E-state index in [-0.39, 0.29) is 5.69 Å². The van der Waals surface area contributed by atoms with Crippen molar-refractivity contribution in [2.75, 3.05) is 6.61 Å². The fourth-order valence-corrected chi connectivity index (χ4v) is 1.33. The Kier molecular flexibility index (Phi) is 4.49. The second-order valence-electron chi connectivity index (χ2n) is 3.46. The lowest BCUT2D eigenvalue weighted by atomic mass is 10.1. The smallest absolute Gasteiger partial charge is 0.270 e. The minimum Gasteiger partial charge on any atom is -0.492 e. The minimum absolute atomic E-state index is 0.0785. The van der Waals surface area contributed by atoms with Crippen LogP contribution in [0.2, 0.25) is 0 Å². The van der Waals surface area contributed by atoms with Crippen molar-refractivity contribution in [2.45, 2.75) is 19.4 Å². The van der Waals surface area contributed by atoms with Gasteiger partial charge in [-0.3, -0.25) is 10.1 Å². The Bertz CT molecular complexity index is 448. The predicted octanol–water partition coefficient (Wildman–Crippen LogP) is 2.05. The molecule has 0 amide bonds. The summed E-state index contributed by atoms with van der Waals surface area (Å²) >= 11 is 0. The van der Waals surface area contributed by atoms with E-state index in [2.05, 4.69) is 5.92 Å². The average Bonchev–Trinajstić information content (AvgIpc) is 2.29. The standard InChI is InChI=1S/C12H13NO4/c1-3-4-7-17-12-6-5-10(13(15)16)8-11(12)9(2)14/h1,5-6,8-9,14H,4,7H2,2H3/t9-/m1/s1. The van der Waals surface area contributed by atoms with Gasteiger partial charge in [0, 0.05) is 24.1 Å². The average molecular weight is 235 g/mol. The molecule has 0 spiro atoms. The molecule has 0 aliphatic carbocycles. The lowest BCUT2D eigenvalue weighted by Gasteiger charge is -2.12. The van der Waals surface area contributed by atoms with Gasteiger partial charge in [0.15, 0.2) is 0 Å². The van der Waals surface area contributed by atoms with Crippen molar-refractivity contribution in [1.29, 1.82) is 0 Å². The van der Waals surface area contributed by atoms with Gasteiger partial charge in [0.05, 0.1) is 17.6 Å². The predicted molar refractivity (Wildman–Crippen MR) is 62.7 cm³/mol. The van der Waals surface area contributed by atoms with Gasteiger partial charge in [0.25, 0.3) is 5.69 Å². The topological polar surface area (TPSA) is 72.6 Å². The quantitative estimate of drug-likeness (QED) is 0.367. The molecular formula is C12H13NO4. The summed E-state index contributed by atoms with van der Waals surface area (Å²) in [7, 11) is 0. The molecule has 0 aliphatic rings. The highest BCUT2D eigenvalue weighted by atomic mass is 16.6. The van der Waals surface area contributed by atoms with Crippen LogP contribution in [0.4, 0.5) is 5.69 Å². The normalized spacial score (nSPS) is 11.6. The van der Waals surface area contributed by atoms with Crippen molar-refractivity contribution in [1.82, 2.24) is 0 Å². The van der Waals surface area contributed by atoms with Crippen LogP contribution in [-0.2, 0) is 0 Å². The summed E-state index contributed by atoms with van der Waals surface area (Å²) in [4.78, 5) is 10.1. The van der Waals surface area contributed by atoms with E-state index in [0.29, 0.717) is 24.3 Å². The monoisotopic (exact) mass is 235 g/mol. The van der Waals surface area contributed by atoms with Crippen molar-refractivity contribution in [2.24, 2.45) is 0 Å². The molecule has 0 aromatic heterocycles. The van der Waals surface area contributed by atoms with Crippen molar-refractivity contribution in [3.63, 3.8) is 0 Å². The Labute approximate surface area is 99.2 Å². The molecule has 5 nitrogen and oxygen atoms in total. The van der Waals surface area contributed by atoms with Crippen LogP contribution in [0.1, 0.15) is 25.0 Å². The van der Waals surface area contributed by atoms with Crippen molar-refractivity contribution < 1.29 is 14.8 Å². The molecule has 0 saturated carbocycles. The summed E-state index contributed by atoms with van der Waals surface area (Å²) in [6.45, 7) is 1.83. The molecule has 0 saturated heterocycles. The zero-order chi connectivity index (χ0) is 12.8. The molecular weight excluding hydrogens is 222 g/mol. The number of nitro groups is 1. The zero-order valence-corrected chi connectivity index (χ0v) is 9.42. The summed E-state index contributed by atoms with van der Waals surface area (Å²) in [5.74, 6) is 2.84. The second kappa shape index (κ2) is 5.87. The Morgan fingerprint density at radius 1 is 1.65 bits per heavy atom. The van der Waals surface area contributed by atoms with Crippen LogP contribution in [0.15, 0.2) is 18.2 Å². The molecule has 1 N–H and O–H groups in total. The molecule has 0 bridgehead atoms. The van der Waals surface area contributed by atoms with Crippen molar-refractivity contribution >= 4 is 5.69 Å². The molecule has 0 radical (unpaired) electrons. The van der Waals surface area contributed by atoms with E-state index in [1.165, 1.54) is 25.1 Å². The van der Waals surface area contributed by atoms with Gasteiger partial charge >= 0.3 is 0 Å². The molecule has 0 heterocycles. The number of rotatable bonds is 5. The maximum Gasteiger partial charge on any atom is 0.270 e. The van der Waals surface area contributed by atoms with Gasteiger partial charge < -0.3 is 9.84 Å². The zero-order valence-electron chi connectivity index (χ0n) is 9.42. The number of nitrogens with zero attached hydrogens (tertiary/aromatic N) is 1. The highest BCUT2D eigenvalue weighted by Gasteiger charge is 2.15. The minimum atomic E-state index is -0.837. The van der Waals surface area contributed by atoms with Gasteiger partial charge in [-0.1, -0.05) is 0 Å². The lowest BCUT2D eigenvalue weighted by molar-refractivity contribution is -0.385. The summed E-state index contributed by atoms with van der Waals surface area (Å²) in [5, 5.41) is 20.1. The fourth-order valence-electron chi connectivity index (χ4n) is 1.33. The summed E-state index contributed by atoms with van der Waals surface area (Å²) in [5.41, 5.74) is 0.307. The number of terminal acetylenes is 1. The van der Waals surface area contributed by atoms with Gasteiger partial charge in [-0.2, -0.15) is 0 Å². The maximum atomic E-state index is 10.6. The molecule has 1 aromatic rings.